The van der Waals surface area contributed by atoms with Crippen molar-refractivity contribution < 1.29 is 4.74 Å². The summed E-state index contributed by atoms with van der Waals surface area (Å²) in [5.41, 5.74) is 2.13. The lowest BCUT2D eigenvalue weighted by atomic mass is 10.2. The van der Waals surface area contributed by atoms with Crippen LogP contribution < -0.4 is 4.74 Å². The zero-order chi connectivity index (χ0) is 11.7. The quantitative estimate of drug-likeness (QED) is 0.829. The van der Waals surface area contributed by atoms with Crippen LogP contribution in [0, 0.1) is 13.8 Å². The van der Waals surface area contributed by atoms with Gasteiger partial charge in [-0.25, -0.2) is 4.98 Å². The number of hydrogen-bond donors (Lipinski definition) is 0. The second kappa shape index (κ2) is 4.55. The first kappa shape index (κ1) is 11.6. The predicted octanol–water partition coefficient (Wildman–Crippen LogP) is 4.20. The Kier molecular flexibility index (Phi) is 3.30. The molecule has 0 amide bonds. The zero-order valence-electron chi connectivity index (χ0n) is 9.37. The molecule has 0 N–H and O–H groups in total. The summed E-state index contributed by atoms with van der Waals surface area (Å²) in [6, 6.07) is 5.96. The van der Waals surface area contributed by atoms with Gasteiger partial charge in [0.05, 0.1) is 18.4 Å². The van der Waals surface area contributed by atoms with Crippen LogP contribution in [0.2, 0.25) is 0 Å². The normalized spacial score (nSPS) is 10.5. The van der Waals surface area contributed by atoms with Crippen molar-refractivity contribution in [1.82, 2.24) is 4.98 Å². The molecule has 0 saturated carbocycles. The van der Waals surface area contributed by atoms with E-state index in [1.165, 1.54) is 4.88 Å². The third-order valence-corrected chi connectivity index (χ3v) is 4.02. The van der Waals surface area contributed by atoms with E-state index in [0.29, 0.717) is 0 Å². The summed E-state index contributed by atoms with van der Waals surface area (Å²) in [5, 5.41) is 1.01. The van der Waals surface area contributed by atoms with Gasteiger partial charge in [-0.05, 0) is 32.0 Å². The zero-order valence-corrected chi connectivity index (χ0v) is 11.8. The van der Waals surface area contributed by atoms with Gasteiger partial charge in [-0.3, -0.25) is 0 Å². The third-order valence-electron chi connectivity index (χ3n) is 2.42. The number of aromatic nitrogens is 1. The highest BCUT2D eigenvalue weighted by molar-refractivity contribution is 9.10. The molecule has 2 nitrogen and oxygen atoms in total. The Bertz CT molecular complexity index is 502. The van der Waals surface area contributed by atoms with Gasteiger partial charge in [-0.15, -0.1) is 11.3 Å². The summed E-state index contributed by atoms with van der Waals surface area (Å²) in [4.78, 5) is 5.80. The van der Waals surface area contributed by atoms with Gasteiger partial charge in [0.25, 0.3) is 0 Å². The van der Waals surface area contributed by atoms with Crippen LogP contribution >= 0.6 is 27.3 Å². The molecule has 2 aromatic rings. The maximum atomic E-state index is 5.35. The molecule has 1 aromatic heterocycles. The predicted molar refractivity (Wildman–Crippen MR) is 71.3 cm³/mol. The van der Waals surface area contributed by atoms with E-state index < -0.39 is 0 Å². The van der Waals surface area contributed by atoms with Crippen molar-refractivity contribution in [2.24, 2.45) is 0 Å². The molecule has 1 heterocycles. The lowest BCUT2D eigenvalue weighted by Gasteiger charge is -2.05. The van der Waals surface area contributed by atoms with E-state index in [0.717, 1.165) is 26.5 Å². The maximum absolute atomic E-state index is 5.35. The maximum Gasteiger partial charge on any atom is 0.129 e. The fourth-order valence-corrected chi connectivity index (χ4v) is 2.73. The summed E-state index contributed by atoms with van der Waals surface area (Å²) >= 11 is 5.16. The number of benzene rings is 1. The van der Waals surface area contributed by atoms with Gasteiger partial charge in [0.2, 0.25) is 0 Å². The number of nitrogens with zero attached hydrogens (tertiary/aromatic N) is 1. The van der Waals surface area contributed by atoms with E-state index in [1.807, 2.05) is 25.1 Å². The Morgan fingerprint density at radius 1 is 1.31 bits per heavy atom. The van der Waals surface area contributed by atoms with Crippen LogP contribution in [-0.2, 0) is 0 Å². The van der Waals surface area contributed by atoms with Gasteiger partial charge < -0.3 is 4.74 Å². The highest BCUT2D eigenvalue weighted by Crippen LogP contribution is 2.35. The van der Waals surface area contributed by atoms with Gasteiger partial charge in [0.15, 0.2) is 0 Å². The summed E-state index contributed by atoms with van der Waals surface area (Å²) in [7, 11) is 1.68. The van der Waals surface area contributed by atoms with Crippen molar-refractivity contribution in [3.8, 4) is 16.3 Å². The first-order chi connectivity index (χ1) is 7.61. The third kappa shape index (κ3) is 2.13. The van der Waals surface area contributed by atoms with E-state index in [-0.39, 0.29) is 0 Å². The fraction of sp³-hybridized carbons (Fsp3) is 0.250. The van der Waals surface area contributed by atoms with Gasteiger partial charge in [0.1, 0.15) is 10.8 Å². The Morgan fingerprint density at radius 3 is 2.62 bits per heavy atom. The van der Waals surface area contributed by atoms with Gasteiger partial charge >= 0.3 is 0 Å². The number of ether oxygens (including phenoxy) is 1. The minimum atomic E-state index is 0.858. The molecule has 16 heavy (non-hydrogen) atoms. The Labute approximate surface area is 107 Å². The molecule has 0 saturated heterocycles. The lowest BCUT2D eigenvalue weighted by Crippen LogP contribution is -1.87. The standard InChI is InChI=1S/C12H12BrNOS/c1-7-8(2)16-12(14-7)10-6-9(13)4-5-11(10)15-3/h4-6H,1-3H3. The number of methoxy groups -OCH3 is 1. The topological polar surface area (TPSA) is 22.1 Å². The molecule has 0 spiro atoms. The number of halogens is 1. The molecule has 0 aliphatic rings. The number of rotatable bonds is 2. The van der Waals surface area contributed by atoms with E-state index in [4.69, 9.17) is 4.74 Å². The van der Waals surface area contributed by atoms with Crippen molar-refractivity contribution in [1.29, 1.82) is 0 Å². The summed E-state index contributed by atoms with van der Waals surface area (Å²) in [6.07, 6.45) is 0. The molecule has 0 bridgehead atoms. The van der Waals surface area contributed by atoms with Crippen LogP contribution in [0.1, 0.15) is 10.6 Å². The van der Waals surface area contributed by atoms with Crippen LogP contribution in [0.25, 0.3) is 10.6 Å². The number of aryl methyl sites for hydroxylation is 2. The van der Waals surface area contributed by atoms with Gasteiger partial charge in [-0.1, -0.05) is 15.9 Å². The Hall–Kier alpha value is -0.870. The van der Waals surface area contributed by atoms with E-state index in [2.05, 4.69) is 27.8 Å². The molecule has 0 aliphatic carbocycles. The largest absolute Gasteiger partial charge is 0.496 e. The Morgan fingerprint density at radius 2 is 2.06 bits per heavy atom. The smallest absolute Gasteiger partial charge is 0.129 e. The second-order valence-electron chi connectivity index (χ2n) is 3.51. The molecule has 4 heteroatoms. The second-order valence-corrected chi connectivity index (χ2v) is 5.62. The summed E-state index contributed by atoms with van der Waals surface area (Å²) < 4.78 is 6.39. The van der Waals surface area contributed by atoms with Crippen LogP contribution in [0.5, 0.6) is 5.75 Å². The monoisotopic (exact) mass is 297 g/mol. The van der Waals surface area contributed by atoms with Crippen LogP contribution in [0.15, 0.2) is 22.7 Å². The molecule has 0 radical (unpaired) electrons. The van der Waals surface area contributed by atoms with Crippen molar-refractivity contribution in [3.05, 3.63) is 33.2 Å². The van der Waals surface area contributed by atoms with Crippen LogP contribution in [0.4, 0.5) is 0 Å². The molecular formula is C12H12BrNOS. The van der Waals surface area contributed by atoms with Gasteiger partial charge in [0, 0.05) is 9.35 Å². The summed E-state index contributed by atoms with van der Waals surface area (Å²) in [5.74, 6) is 0.858. The number of hydrogen-bond acceptors (Lipinski definition) is 3. The lowest BCUT2D eigenvalue weighted by molar-refractivity contribution is 0.416. The number of thiazole rings is 1. The van der Waals surface area contributed by atoms with Crippen LogP contribution in [0.3, 0.4) is 0 Å². The van der Waals surface area contributed by atoms with E-state index in [1.54, 1.807) is 18.4 Å². The summed E-state index contributed by atoms with van der Waals surface area (Å²) in [6.45, 7) is 4.11. The SMILES string of the molecule is COc1ccc(Br)cc1-c1nc(C)c(C)s1. The van der Waals surface area contributed by atoms with Crippen LogP contribution in [-0.4, -0.2) is 12.1 Å². The van der Waals surface area contributed by atoms with Crippen molar-refractivity contribution in [3.63, 3.8) is 0 Å². The molecule has 0 fully saturated rings. The molecular weight excluding hydrogens is 286 g/mol. The fourth-order valence-electron chi connectivity index (χ4n) is 1.44. The average Bonchev–Trinajstić information content (AvgIpc) is 2.59. The van der Waals surface area contributed by atoms with E-state index in [9.17, 15) is 0 Å². The molecule has 1 aromatic carbocycles. The molecule has 0 unspecified atom stereocenters. The molecule has 0 aliphatic heterocycles. The highest BCUT2D eigenvalue weighted by Gasteiger charge is 2.11. The van der Waals surface area contributed by atoms with Crippen molar-refractivity contribution >= 4 is 27.3 Å². The van der Waals surface area contributed by atoms with Crippen molar-refractivity contribution in [2.45, 2.75) is 13.8 Å². The molecule has 84 valence electrons. The first-order valence-electron chi connectivity index (χ1n) is 4.89. The molecule has 2 rings (SSSR count). The average molecular weight is 298 g/mol. The highest BCUT2D eigenvalue weighted by atomic mass is 79.9. The first-order valence-corrected chi connectivity index (χ1v) is 6.50. The van der Waals surface area contributed by atoms with Gasteiger partial charge in [-0.2, -0.15) is 0 Å². The minimum absolute atomic E-state index is 0.858. The van der Waals surface area contributed by atoms with E-state index >= 15 is 0 Å². The Balaban J connectivity index is 2.57. The van der Waals surface area contributed by atoms with Crippen molar-refractivity contribution in [2.75, 3.05) is 7.11 Å². The molecule has 0 atom stereocenters. The minimum Gasteiger partial charge on any atom is -0.496 e.